The summed E-state index contributed by atoms with van der Waals surface area (Å²) in [6.45, 7) is 0. The van der Waals surface area contributed by atoms with Crippen molar-refractivity contribution in [2.75, 3.05) is 4.90 Å². The monoisotopic (exact) mass is 302 g/mol. The Morgan fingerprint density at radius 1 is 1.19 bits per heavy atom. The Morgan fingerprint density at radius 2 is 1.95 bits per heavy atom. The van der Waals surface area contributed by atoms with Crippen molar-refractivity contribution in [3.63, 3.8) is 0 Å². The molecule has 110 valence electrons. The number of hydrogen-bond acceptors (Lipinski definition) is 3. The molecule has 2 aliphatic heterocycles. The standard InChI is InChI=1S/C16H18N2O2S/c19-15-14-13(11-8-4-5-9-12(11)20-14)17-16(21)18(15)10-6-2-1-3-7-10/h1-3,6-7,11-14H,4-5,8-9H2,(H,17,21). The van der Waals surface area contributed by atoms with Crippen LogP contribution in [-0.2, 0) is 9.53 Å². The minimum absolute atomic E-state index is 0.0238. The molecule has 3 fully saturated rings. The molecule has 21 heavy (non-hydrogen) atoms. The van der Waals surface area contributed by atoms with Gasteiger partial charge in [0.2, 0.25) is 0 Å². The number of rotatable bonds is 1. The number of benzene rings is 1. The van der Waals surface area contributed by atoms with Crippen LogP contribution in [0.1, 0.15) is 25.7 Å². The summed E-state index contributed by atoms with van der Waals surface area (Å²) < 4.78 is 6.07. The first kappa shape index (κ1) is 13.2. The van der Waals surface area contributed by atoms with E-state index in [2.05, 4.69) is 5.32 Å². The quantitative estimate of drug-likeness (QED) is 0.808. The lowest BCUT2D eigenvalue weighted by molar-refractivity contribution is -0.130. The molecule has 4 nitrogen and oxygen atoms in total. The van der Waals surface area contributed by atoms with Crippen molar-refractivity contribution in [2.24, 2.45) is 5.92 Å². The normalized spacial score (nSPS) is 35.1. The van der Waals surface area contributed by atoms with Crippen molar-refractivity contribution in [2.45, 2.75) is 43.9 Å². The van der Waals surface area contributed by atoms with Crippen LogP contribution in [0.3, 0.4) is 0 Å². The molecule has 4 unspecified atom stereocenters. The molecule has 0 bridgehead atoms. The summed E-state index contributed by atoms with van der Waals surface area (Å²) in [5.41, 5.74) is 0.803. The summed E-state index contributed by atoms with van der Waals surface area (Å²) >= 11 is 5.44. The van der Waals surface area contributed by atoms with Gasteiger partial charge < -0.3 is 10.1 Å². The maximum atomic E-state index is 12.8. The second kappa shape index (κ2) is 5.07. The molecule has 5 heteroatoms. The number of nitrogens with one attached hydrogen (secondary N) is 1. The van der Waals surface area contributed by atoms with E-state index < -0.39 is 6.10 Å². The molecule has 1 aliphatic carbocycles. The molecule has 0 radical (unpaired) electrons. The van der Waals surface area contributed by atoms with Gasteiger partial charge in [-0.2, -0.15) is 0 Å². The van der Waals surface area contributed by atoms with Crippen LogP contribution >= 0.6 is 12.2 Å². The predicted octanol–water partition coefficient (Wildman–Crippen LogP) is 2.23. The molecule has 2 saturated heterocycles. The number of nitrogens with zero attached hydrogens (tertiary/aromatic N) is 1. The summed E-state index contributed by atoms with van der Waals surface area (Å²) in [5, 5.41) is 3.87. The van der Waals surface area contributed by atoms with Crippen molar-refractivity contribution in [1.82, 2.24) is 5.32 Å². The van der Waals surface area contributed by atoms with Gasteiger partial charge in [-0.1, -0.05) is 31.0 Å². The van der Waals surface area contributed by atoms with Crippen LogP contribution in [0, 0.1) is 5.92 Å². The van der Waals surface area contributed by atoms with Crippen molar-refractivity contribution < 1.29 is 9.53 Å². The van der Waals surface area contributed by atoms with Gasteiger partial charge in [-0.05, 0) is 37.2 Å². The van der Waals surface area contributed by atoms with Gasteiger partial charge in [0.05, 0.1) is 17.8 Å². The van der Waals surface area contributed by atoms with Crippen LogP contribution in [0.4, 0.5) is 5.69 Å². The zero-order valence-corrected chi connectivity index (χ0v) is 12.5. The van der Waals surface area contributed by atoms with Crippen LogP contribution in [0.15, 0.2) is 30.3 Å². The molecule has 1 aromatic carbocycles. The first-order chi connectivity index (χ1) is 10.3. The topological polar surface area (TPSA) is 41.6 Å². The lowest BCUT2D eigenvalue weighted by atomic mass is 9.81. The molecule has 0 spiro atoms. The van der Waals surface area contributed by atoms with Crippen molar-refractivity contribution in [3.05, 3.63) is 30.3 Å². The molecule has 2 heterocycles. The molecule has 3 aliphatic rings. The molecule has 0 aromatic heterocycles. The Bertz CT molecular complexity index is 577. The Labute approximate surface area is 129 Å². The van der Waals surface area contributed by atoms with E-state index in [-0.39, 0.29) is 18.1 Å². The van der Waals surface area contributed by atoms with Gasteiger partial charge in [-0.15, -0.1) is 0 Å². The fourth-order valence-corrected chi connectivity index (χ4v) is 4.18. The van der Waals surface area contributed by atoms with Gasteiger partial charge in [0.25, 0.3) is 5.91 Å². The summed E-state index contributed by atoms with van der Waals surface area (Å²) in [7, 11) is 0. The third kappa shape index (κ3) is 2.07. The highest BCUT2D eigenvalue weighted by molar-refractivity contribution is 7.80. The van der Waals surface area contributed by atoms with Crippen molar-refractivity contribution >= 4 is 28.9 Å². The van der Waals surface area contributed by atoms with Crippen LogP contribution in [0.25, 0.3) is 0 Å². The van der Waals surface area contributed by atoms with Gasteiger partial charge in [0.1, 0.15) is 0 Å². The Hall–Kier alpha value is -1.46. The van der Waals surface area contributed by atoms with E-state index >= 15 is 0 Å². The second-order valence-corrected chi connectivity index (χ2v) is 6.41. The second-order valence-electron chi connectivity index (χ2n) is 6.03. The Kier molecular flexibility index (Phi) is 3.19. The highest BCUT2D eigenvalue weighted by atomic mass is 32.1. The number of ether oxygens (including phenoxy) is 1. The lowest BCUT2D eigenvalue weighted by Crippen LogP contribution is -2.62. The number of fused-ring (bicyclic) bond motifs is 3. The van der Waals surface area contributed by atoms with E-state index in [9.17, 15) is 4.79 Å². The maximum Gasteiger partial charge on any atom is 0.264 e. The number of para-hydroxylation sites is 1. The molecular weight excluding hydrogens is 284 g/mol. The van der Waals surface area contributed by atoms with Crippen LogP contribution < -0.4 is 10.2 Å². The van der Waals surface area contributed by atoms with Crippen LogP contribution in [0.2, 0.25) is 0 Å². The number of hydrogen-bond donors (Lipinski definition) is 1. The number of carbonyl (C=O) groups is 1. The van der Waals surface area contributed by atoms with E-state index in [0.29, 0.717) is 11.0 Å². The number of thiocarbonyl (C=S) groups is 1. The van der Waals surface area contributed by atoms with E-state index in [4.69, 9.17) is 17.0 Å². The van der Waals surface area contributed by atoms with E-state index in [1.807, 2.05) is 30.3 Å². The molecular formula is C16H18N2O2S. The highest BCUT2D eigenvalue weighted by Crippen LogP contribution is 2.40. The molecule has 1 amide bonds. The van der Waals surface area contributed by atoms with E-state index in [1.54, 1.807) is 4.90 Å². The molecule has 1 aromatic rings. The Morgan fingerprint density at radius 3 is 2.76 bits per heavy atom. The fraction of sp³-hybridized carbons (Fsp3) is 0.500. The minimum atomic E-state index is -0.398. The third-order valence-electron chi connectivity index (χ3n) is 4.83. The highest BCUT2D eigenvalue weighted by Gasteiger charge is 2.53. The zero-order valence-electron chi connectivity index (χ0n) is 11.7. The maximum absolute atomic E-state index is 12.8. The van der Waals surface area contributed by atoms with Crippen LogP contribution in [-0.4, -0.2) is 29.3 Å². The first-order valence-electron chi connectivity index (χ1n) is 7.61. The predicted molar refractivity (Wildman–Crippen MR) is 84.1 cm³/mol. The van der Waals surface area contributed by atoms with Crippen molar-refractivity contribution in [3.8, 4) is 0 Å². The molecule has 1 N–H and O–H groups in total. The van der Waals surface area contributed by atoms with Gasteiger partial charge in [0, 0.05) is 5.92 Å². The SMILES string of the molecule is O=C1C2OC3CCCCC3C2NC(=S)N1c1ccccc1. The smallest absolute Gasteiger partial charge is 0.264 e. The molecule has 4 atom stereocenters. The average molecular weight is 302 g/mol. The molecule has 1 saturated carbocycles. The average Bonchev–Trinajstić information content (AvgIpc) is 2.88. The third-order valence-corrected chi connectivity index (χ3v) is 5.13. The summed E-state index contributed by atoms with van der Waals surface area (Å²) in [4.78, 5) is 14.4. The van der Waals surface area contributed by atoms with Crippen LogP contribution in [0.5, 0.6) is 0 Å². The Balaban J connectivity index is 1.64. The van der Waals surface area contributed by atoms with Gasteiger partial charge in [0.15, 0.2) is 11.2 Å². The van der Waals surface area contributed by atoms with Crippen molar-refractivity contribution in [1.29, 1.82) is 0 Å². The fourth-order valence-electron chi connectivity index (χ4n) is 3.85. The number of amides is 1. The number of carbonyl (C=O) groups excluding carboxylic acids is 1. The summed E-state index contributed by atoms with van der Waals surface area (Å²) in [6, 6.07) is 9.59. The van der Waals surface area contributed by atoms with E-state index in [1.165, 1.54) is 12.8 Å². The van der Waals surface area contributed by atoms with E-state index in [0.717, 1.165) is 18.5 Å². The first-order valence-corrected chi connectivity index (χ1v) is 8.01. The zero-order chi connectivity index (χ0) is 14.4. The summed E-state index contributed by atoms with van der Waals surface area (Å²) in [6.07, 6.45) is 4.42. The number of anilines is 1. The molecule has 4 rings (SSSR count). The minimum Gasteiger partial charge on any atom is -0.363 e. The van der Waals surface area contributed by atoms with Gasteiger partial charge in [-0.25, -0.2) is 0 Å². The largest absolute Gasteiger partial charge is 0.363 e. The van der Waals surface area contributed by atoms with Gasteiger partial charge in [-0.3, -0.25) is 9.69 Å². The summed E-state index contributed by atoms with van der Waals surface area (Å²) in [5.74, 6) is 0.396. The van der Waals surface area contributed by atoms with Gasteiger partial charge >= 0.3 is 0 Å². The lowest BCUT2D eigenvalue weighted by Gasteiger charge is -2.37.